The first kappa shape index (κ1) is 28.7. The summed E-state index contributed by atoms with van der Waals surface area (Å²) in [5.41, 5.74) is 1.29. The average Bonchev–Trinajstić information content (AvgIpc) is 2.91. The van der Waals surface area contributed by atoms with E-state index in [2.05, 4.69) is 5.32 Å². The van der Waals surface area contributed by atoms with E-state index in [0.717, 1.165) is 49.7 Å². The highest BCUT2D eigenvalue weighted by Crippen LogP contribution is 2.38. The van der Waals surface area contributed by atoms with Crippen molar-refractivity contribution in [2.75, 3.05) is 13.2 Å². The highest BCUT2D eigenvalue weighted by atomic mass is 16.6. The van der Waals surface area contributed by atoms with Crippen molar-refractivity contribution in [3.63, 3.8) is 0 Å². The first-order chi connectivity index (χ1) is 18.7. The molecule has 0 bridgehead atoms. The number of para-hydroxylation sites is 1. The third-order valence-electron chi connectivity index (χ3n) is 7.47. The number of amides is 2. The van der Waals surface area contributed by atoms with Crippen LogP contribution in [0.3, 0.4) is 0 Å². The molecule has 8 heteroatoms. The van der Waals surface area contributed by atoms with Crippen LogP contribution in [0.2, 0.25) is 0 Å². The summed E-state index contributed by atoms with van der Waals surface area (Å²) in [5.74, 6) is 0.663. The molecule has 8 nitrogen and oxygen atoms in total. The van der Waals surface area contributed by atoms with Gasteiger partial charge in [0.15, 0.2) is 0 Å². The van der Waals surface area contributed by atoms with Crippen molar-refractivity contribution >= 4 is 12.2 Å². The molecule has 2 N–H and O–H groups in total. The molecule has 1 saturated carbocycles. The fourth-order valence-corrected chi connectivity index (χ4v) is 5.53. The van der Waals surface area contributed by atoms with E-state index in [1.54, 1.807) is 11.0 Å². The van der Waals surface area contributed by atoms with E-state index in [9.17, 15) is 14.7 Å². The minimum Gasteiger partial charge on any atom is -0.508 e. The summed E-state index contributed by atoms with van der Waals surface area (Å²) in [5, 5.41) is 13.2. The van der Waals surface area contributed by atoms with E-state index in [0.29, 0.717) is 24.8 Å². The molecular weight excluding hydrogens is 496 g/mol. The van der Waals surface area contributed by atoms with Gasteiger partial charge in [0, 0.05) is 6.54 Å². The fourth-order valence-electron chi connectivity index (χ4n) is 5.53. The number of nitrogens with one attached hydrogen (secondary N) is 1. The van der Waals surface area contributed by atoms with Gasteiger partial charge in [0.05, 0.1) is 24.8 Å². The number of phenols is 1. The lowest BCUT2D eigenvalue weighted by molar-refractivity contribution is -0.0310. The summed E-state index contributed by atoms with van der Waals surface area (Å²) >= 11 is 0. The molecule has 1 saturated heterocycles. The number of rotatable bonds is 7. The minimum atomic E-state index is -0.620. The van der Waals surface area contributed by atoms with Crippen LogP contribution in [0.1, 0.15) is 76.3 Å². The highest BCUT2D eigenvalue weighted by Gasteiger charge is 2.38. The van der Waals surface area contributed by atoms with Crippen molar-refractivity contribution in [2.24, 2.45) is 0 Å². The second-order valence-electron chi connectivity index (χ2n) is 11.6. The van der Waals surface area contributed by atoms with Crippen molar-refractivity contribution in [3.05, 3.63) is 65.7 Å². The molecule has 0 radical (unpaired) electrons. The van der Waals surface area contributed by atoms with E-state index in [4.69, 9.17) is 14.2 Å². The molecule has 1 heterocycles. The molecule has 2 aliphatic rings. The zero-order valence-electron chi connectivity index (χ0n) is 23.3. The molecule has 2 atom stereocenters. The first-order valence-corrected chi connectivity index (χ1v) is 14.1. The van der Waals surface area contributed by atoms with Gasteiger partial charge in [0.1, 0.15) is 18.0 Å². The summed E-state index contributed by atoms with van der Waals surface area (Å²) in [6.45, 7) is 6.50. The molecule has 39 heavy (non-hydrogen) atoms. The lowest BCUT2D eigenvalue weighted by Crippen LogP contribution is -2.59. The number of ether oxygens (including phenoxy) is 3. The lowest BCUT2D eigenvalue weighted by Gasteiger charge is -2.41. The van der Waals surface area contributed by atoms with Crippen molar-refractivity contribution in [3.8, 4) is 5.75 Å². The quantitative estimate of drug-likeness (QED) is 0.440. The number of hydrogen-bond acceptors (Lipinski definition) is 6. The first-order valence-electron chi connectivity index (χ1n) is 14.1. The number of carbonyl (C=O) groups excluding carboxylic acids is 2. The third kappa shape index (κ3) is 8.36. The minimum absolute atomic E-state index is 0.0541. The second-order valence-corrected chi connectivity index (χ2v) is 11.6. The highest BCUT2D eigenvalue weighted by molar-refractivity contribution is 5.70. The Morgan fingerprint density at radius 2 is 1.67 bits per heavy atom. The van der Waals surface area contributed by atoms with Gasteiger partial charge in [-0.3, -0.25) is 0 Å². The summed E-state index contributed by atoms with van der Waals surface area (Å²) in [6, 6.07) is 16.4. The number of phenolic OH excluding ortho intramolecular Hbond substituents is 1. The van der Waals surface area contributed by atoms with Gasteiger partial charge >= 0.3 is 12.2 Å². The summed E-state index contributed by atoms with van der Waals surface area (Å²) in [7, 11) is 0. The van der Waals surface area contributed by atoms with Gasteiger partial charge in [-0.25, -0.2) is 9.59 Å². The van der Waals surface area contributed by atoms with E-state index in [1.807, 2.05) is 69.3 Å². The number of piperidine rings is 1. The molecule has 2 fully saturated rings. The predicted molar refractivity (Wildman–Crippen MR) is 149 cm³/mol. The van der Waals surface area contributed by atoms with Gasteiger partial charge in [-0.15, -0.1) is 0 Å². The Morgan fingerprint density at radius 3 is 2.36 bits per heavy atom. The number of nitrogens with zero attached hydrogens (tertiary/aromatic N) is 1. The Labute approximate surface area is 231 Å². The largest absolute Gasteiger partial charge is 0.508 e. The van der Waals surface area contributed by atoms with Crippen molar-refractivity contribution < 1.29 is 28.9 Å². The van der Waals surface area contributed by atoms with Gasteiger partial charge in [-0.1, -0.05) is 48.5 Å². The van der Waals surface area contributed by atoms with Crippen LogP contribution in [0.15, 0.2) is 54.6 Å². The van der Waals surface area contributed by atoms with E-state index >= 15 is 0 Å². The van der Waals surface area contributed by atoms with Gasteiger partial charge < -0.3 is 29.5 Å². The standard InChI is InChI=1S/C31H42N2O6/c1-31(2,3)39-29(35)32-26-13-9-19-33(30(36)38-20-22-10-5-4-6-11-22)27(26)21-37-24-17-15-23(16-18-24)25-12-7-8-14-28(25)34/h4-8,10-12,14,23-24,26-27,34H,9,13,15-21H2,1-3H3,(H,32,35)/t23?,24?,26-,27-/m0/s1. The molecule has 1 aliphatic heterocycles. The zero-order valence-corrected chi connectivity index (χ0v) is 23.3. The Hall–Kier alpha value is -3.26. The molecule has 0 unspecified atom stereocenters. The second kappa shape index (κ2) is 13.2. The molecule has 1 aliphatic carbocycles. The van der Waals surface area contributed by atoms with Crippen molar-refractivity contribution in [1.82, 2.24) is 10.2 Å². The van der Waals surface area contributed by atoms with E-state index < -0.39 is 17.8 Å². The van der Waals surface area contributed by atoms with Crippen LogP contribution in [0.5, 0.6) is 5.75 Å². The van der Waals surface area contributed by atoms with Crippen LogP contribution in [-0.2, 0) is 20.8 Å². The van der Waals surface area contributed by atoms with Gasteiger partial charge in [0.25, 0.3) is 0 Å². The maximum absolute atomic E-state index is 13.2. The average molecular weight is 539 g/mol. The van der Waals surface area contributed by atoms with Gasteiger partial charge in [-0.2, -0.15) is 0 Å². The van der Waals surface area contributed by atoms with Gasteiger partial charge in [-0.05, 0) is 82.4 Å². The maximum Gasteiger partial charge on any atom is 0.410 e. The van der Waals surface area contributed by atoms with E-state index in [1.165, 1.54) is 0 Å². The number of aromatic hydroxyl groups is 1. The lowest BCUT2D eigenvalue weighted by atomic mass is 9.82. The monoisotopic (exact) mass is 538 g/mol. The smallest absolute Gasteiger partial charge is 0.410 e. The molecule has 2 aromatic rings. The number of likely N-dealkylation sites (tertiary alicyclic amines) is 1. The Kier molecular flexibility index (Phi) is 9.73. The van der Waals surface area contributed by atoms with E-state index in [-0.39, 0.29) is 24.8 Å². The van der Waals surface area contributed by atoms with Crippen LogP contribution in [0, 0.1) is 0 Å². The topological polar surface area (TPSA) is 97.3 Å². The van der Waals surface area contributed by atoms with Crippen LogP contribution < -0.4 is 5.32 Å². The van der Waals surface area contributed by atoms with Crippen molar-refractivity contribution in [1.29, 1.82) is 0 Å². The molecule has 4 rings (SSSR count). The predicted octanol–water partition coefficient (Wildman–Crippen LogP) is 6.13. The third-order valence-corrected chi connectivity index (χ3v) is 7.47. The maximum atomic E-state index is 13.2. The Morgan fingerprint density at radius 1 is 0.974 bits per heavy atom. The normalized spacial score (nSPS) is 23.6. The number of hydrogen-bond donors (Lipinski definition) is 2. The SMILES string of the molecule is CC(C)(C)OC(=O)N[C@H]1CCCN(C(=O)OCc2ccccc2)[C@H]1COC1CCC(c2ccccc2O)CC1. The molecular formula is C31H42N2O6. The fraction of sp³-hybridized carbons (Fsp3) is 0.548. The van der Waals surface area contributed by atoms with Crippen LogP contribution in [0.25, 0.3) is 0 Å². The molecule has 2 amide bonds. The number of carbonyl (C=O) groups is 2. The number of benzene rings is 2. The molecule has 2 aromatic carbocycles. The van der Waals surface area contributed by atoms with Crippen LogP contribution in [0.4, 0.5) is 9.59 Å². The molecule has 0 aromatic heterocycles. The zero-order chi connectivity index (χ0) is 27.8. The molecule has 212 valence electrons. The van der Waals surface area contributed by atoms with Crippen molar-refractivity contribution in [2.45, 2.75) is 95.6 Å². The van der Waals surface area contributed by atoms with Gasteiger partial charge in [0.2, 0.25) is 0 Å². The Balaban J connectivity index is 1.39. The number of alkyl carbamates (subject to hydrolysis) is 1. The van der Waals surface area contributed by atoms with Crippen LogP contribution >= 0.6 is 0 Å². The Bertz CT molecular complexity index is 1080. The van der Waals surface area contributed by atoms with Crippen LogP contribution in [-0.4, -0.2) is 59.1 Å². The summed E-state index contributed by atoms with van der Waals surface area (Å²) < 4.78 is 17.6. The molecule has 0 spiro atoms. The summed E-state index contributed by atoms with van der Waals surface area (Å²) in [6.07, 6.45) is 4.19. The summed E-state index contributed by atoms with van der Waals surface area (Å²) in [4.78, 5) is 27.5.